The van der Waals surface area contributed by atoms with Crippen LogP contribution in [0.25, 0.3) is 11.3 Å². The lowest BCUT2D eigenvalue weighted by molar-refractivity contribution is -0.120. The molecule has 2 heterocycles. The van der Waals surface area contributed by atoms with Crippen LogP contribution in [0.4, 0.5) is 11.5 Å². The van der Waals surface area contributed by atoms with Crippen molar-refractivity contribution in [2.75, 3.05) is 30.4 Å². The Bertz CT molecular complexity index is 1060. The number of hydrogen-bond acceptors (Lipinski definition) is 5. The fourth-order valence-corrected chi connectivity index (χ4v) is 4.34. The molecule has 0 radical (unpaired) electrons. The van der Waals surface area contributed by atoms with E-state index in [2.05, 4.69) is 36.3 Å². The molecule has 0 spiro atoms. The lowest BCUT2D eigenvalue weighted by Gasteiger charge is -2.32. The fourth-order valence-electron chi connectivity index (χ4n) is 3.87. The first-order valence-electron chi connectivity index (χ1n) is 10.3. The molecule has 4 rings (SSSR count). The highest BCUT2D eigenvalue weighted by molar-refractivity contribution is 9.10. The maximum Gasteiger partial charge on any atom is 0.227 e. The second kappa shape index (κ2) is 9.47. The van der Waals surface area contributed by atoms with Gasteiger partial charge in [-0.2, -0.15) is 0 Å². The van der Waals surface area contributed by atoms with Crippen molar-refractivity contribution in [1.82, 2.24) is 10.2 Å². The van der Waals surface area contributed by atoms with E-state index in [1.165, 1.54) is 0 Å². The Balaban J connectivity index is 1.37. The summed E-state index contributed by atoms with van der Waals surface area (Å²) in [4.78, 5) is 14.9. The number of rotatable bonds is 5. The highest BCUT2D eigenvalue weighted by Gasteiger charge is 2.26. The summed E-state index contributed by atoms with van der Waals surface area (Å²) in [6, 6.07) is 17.6. The number of para-hydroxylation sites is 1. The van der Waals surface area contributed by atoms with Crippen LogP contribution < -0.4 is 15.0 Å². The van der Waals surface area contributed by atoms with E-state index in [1.807, 2.05) is 61.5 Å². The van der Waals surface area contributed by atoms with Gasteiger partial charge in [0.15, 0.2) is 5.82 Å². The minimum absolute atomic E-state index is 0.000101. The molecule has 0 aliphatic carbocycles. The first-order valence-corrected chi connectivity index (χ1v) is 11.1. The van der Waals surface area contributed by atoms with Crippen LogP contribution in [0.5, 0.6) is 5.75 Å². The molecule has 6 nitrogen and oxygen atoms in total. The molecule has 160 valence electrons. The van der Waals surface area contributed by atoms with Crippen molar-refractivity contribution in [3.05, 3.63) is 64.6 Å². The van der Waals surface area contributed by atoms with E-state index in [4.69, 9.17) is 4.74 Å². The number of piperidine rings is 1. The minimum Gasteiger partial charge on any atom is -0.496 e. The second-order valence-corrected chi connectivity index (χ2v) is 8.60. The smallest absolute Gasteiger partial charge is 0.227 e. The number of amides is 1. The molecule has 1 N–H and O–H groups in total. The monoisotopic (exact) mass is 480 g/mol. The van der Waals surface area contributed by atoms with Gasteiger partial charge in [-0.3, -0.25) is 4.79 Å². The van der Waals surface area contributed by atoms with E-state index >= 15 is 0 Å². The molecule has 1 aliphatic heterocycles. The van der Waals surface area contributed by atoms with Gasteiger partial charge in [0.2, 0.25) is 5.91 Å². The second-order valence-electron chi connectivity index (χ2n) is 7.69. The van der Waals surface area contributed by atoms with Crippen LogP contribution >= 0.6 is 15.9 Å². The number of carbonyl (C=O) groups is 1. The van der Waals surface area contributed by atoms with E-state index in [0.29, 0.717) is 0 Å². The number of aryl methyl sites for hydroxylation is 1. The van der Waals surface area contributed by atoms with E-state index < -0.39 is 0 Å². The summed E-state index contributed by atoms with van der Waals surface area (Å²) < 4.78 is 6.43. The van der Waals surface area contributed by atoms with Crippen molar-refractivity contribution in [2.45, 2.75) is 19.8 Å². The van der Waals surface area contributed by atoms with Gasteiger partial charge in [-0.25, -0.2) is 0 Å². The van der Waals surface area contributed by atoms with Crippen LogP contribution in [0.3, 0.4) is 0 Å². The molecule has 0 atom stereocenters. The quantitative estimate of drug-likeness (QED) is 0.551. The average molecular weight is 481 g/mol. The molecule has 1 aromatic heterocycles. The SMILES string of the molecule is COc1ccccc1-c1ccc(N2CCC(C(=O)Nc3ccc(Br)cc3C)CC2)nn1. The van der Waals surface area contributed by atoms with Gasteiger partial charge in [0.1, 0.15) is 5.75 Å². The highest BCUT2D eigenvalue weighted by atomic mass is 79.9. The summed E-state index contributed by atoms with van der Waals surface area (Å²) in [5.74, 6) is 1.70. The molecule has 1 fully saturated rings. The number of methoxy groups -OCH3 is 1. The van der Waals surface area contributed by atoms with Crippen LogP contribution in [0.15, 0.2) is 59.1 Å². The third-order valence-electron chi connectivity index (χ3n) is 5.67. The summed E-state index contributed by atoms with van der Waals surface area (Å²) in [5.41, 5.74) is 3.61. The third kappa shape index (κ3) is 4.88. The molecule has 7 heteroatoms. The van der Waals surface area contributed by atoms with Gasteiger partial charge in [-0.1, -0.05) is 28.1 Å². The molecule has 3 aromatic rings. The molecular weight excluding hydrogens is 456 g/mol. The normalized spacial score (nSPS) is 14.4. The summed E-state index contributed by atoms with van der Waals surface area (Å²) in [5, 5.41) is 11.9. The van der Waals surface area contributed by atoms with Gasteiger partial charge < -0.3 is 15.0 Å². The Morgan fingerprint density at radius 3 is 2.55 bits per heavy atom. The molecule has 0 bridgehead atoms. The minimum atomic E-state index is 0.000101. The predicted molar refractivity (Wildman–Crippen MR) is 126 cm³/mol. The molecule has 31 heavy (non-hydrogen) atoms. The number of carbonyl (C=O) groups excluding carboxylic acids is 1. The topological polar surface area (TPSA) is 67.3 Å². The molecular formula is C24H25BrN4O2. The predicted octanol–water partition coefficient (Wildman–Crippen LogP) is 5.08. The molecule has 0 saturated carbocycles. The van der Waals surface area contributed by atoms with Crippen molar-refractivity contribution >= 4 is 33.3 Å². The summed E-state index contributed by atoms with van der Waals surface area (Å²) in [6.07, 6.45) is 1.58. The Hall–Kier alpha value is -2.93. The van der Waals surface area contributed by atoms with E-state index in [0.717, 1.165) is 64.5 Å². The first-order chi connectivity index (χ1) is 15.0. The Labute approximate surface area is 190 Å². The molecule has 1 aliphatic rings. The van der Waals surface area contributed by atoms with Crippen molar-refractivity contribution < 1.29 is 9.53 Å². The third-order valence-corrected chi connectivity index (χ3v) is 6.16. The summed E-state index contributed by atoms with van der Waals surface area (Å²) in [7, 11) is 1.65. The van der Waals surface area contributed by atoms with Crippen molar-refractivity contribution in [3.8, 4) is 17.0 Å². The first kappa shape index (κ1) is 21.3. The zero-order valence-electron chi connectivity index (χ0n) is 17.6. The van der Waals surface area contributed by atoms with Crippen LogP contribution in [0.1, 0.15) is 18.4 Å². The van der Waals surface area contributed by atoms with Crippen LogP contribution in [-0.4, -0.2) is 36.3 Å². The lowest BCUT2D eigenvalue weighted by atomic mass is 9.95. The Kier molecular flexibility index (Phi) is 6.51. The maximum absolute atomic E-state index is 12.7. The molecule has 1 saturated heterocycles. The van der Waals surface area contributed by atoms with Crippen LogP contribution in [0, 0.1) is 12.8 Å². The van der Waals surface area contributed by atoms with Crippen LogP contribution in [-0.2, 0) is 4.79 Å². The van der Waals surface area contributed by atoms with Gasteiger partial charge >= 0.3 is 0 Å². The van der Waals surface area contributed by atoms with Gasteiger partial charge in [-0.05, 0) is 67.8 Å². The average Bonchev–Trinajstić information content (AvgIpc) is 2.81. The standard InChI is InChI=1S/C24H25BrN4O2/c1-16-15-18(25)7-8-20(16)26-24(30)17-11-13-29(14-12-17)23-10-9-21(27-28-23)19-5-3-4-6-22(19)31-2/h3-10,15,17H,11-14H2,1-2H3,(H,26,30). The highest BCUT2D eigenvalue weighted by Crippen LogP contribution is 2.29. The number of ether oxygens (including phenoxy) is 1. The number of anilines is 2. The van der Waals surface area contributed by atoms with Crippen molar-refractivity contribution in [2.24, 2.45) is 5.92 Å². The number of aromatic nitrogens is 2. The summed E-state index contributed by atoms with van der Waals surface area (Å²) in [6.45, 7) is 3.55. The van der Waals surface area contributed by atoms with Gasteiger partial charge in [0.25, 0.3) is 0 Å². The number of nitrogens with zero attached hydrogens (tertiary/aromatic N) is 3. The van der Waals surface area contributed by atoms with Crippen molar-refractivity contribution in [3.63, 3.8) is 0 Å². The van der Waals surface area contributed by atoms with Crippen LogP contribution in [0.2, 0.25) is 0 Å². The number of hydrogen-bond donors (Lipinski definition) is 1. The number of nitrogens with one attached hydrogen (secondary N) is 1. The Morgan fingerprint density at radius 1 is 1.10 bits per heavy atom. The summed E-state index contributed by atoms with van der Waals surface area (Å²) >= 11 is 3.46. The lowest BCUT2D eigenvalue weighted by Crippen LogP contribution is -2.38. The van der Waals surface area contributed by atoms with Gasteiger partial charge in [0, 0.05) is 34.7 Å². The van der Waals surface area contributed by atoms with Crippen molar-refractivity contribution in [1.29, 1.82) is 0 Å². The van der Waals surface area contributed by atoms with Gasteiger partial charge in [-0.15, -0.1) is 10.2 Å². The fraction of sp³-hybridized carbons (Fsp3) is 0.292. The molecule has 1 amide bonds. The van der Waals surface area contributed by atoms with E-state index in [9.17, 15) is 4.79 Å². The number of halogens is 1. The maximum atomic E-state index is 12.7. The largest absolute Gasteiger partial charge is 0.496 e. The molecule has 2 aromatic carbocycles. The van der Waals surface area contributed by atoms with E-state index in [-0.39, 0.29) is 11.8 Å². The number of benzene rings is 2. The Morgan fingerprint density at radius 2 is 1.87 bits per heavy atom. The zero-order chi connectivity index (χ0) is 21.8. The van der Waals surface area contributed by atoms with Gasteiger partial charge in [0.05, 0.1) is 12.8 Å². The zero-order valence-corrected chi connectivity index (χ0v) is 19.2. The molecule has 0 unspecified atom stereocenters. The van der Waals surface area contributed by atoms with E-state index in [1.54, 1.807) is 7.11 Å².